The molecule has 0 heterocycles. The number of rotatable bonds is 39. The molecule has 14 heteroatoms. The molecule has 1 rings (SSSR count). The first kappa shape index (κ1) is 56.8. The van der Waals surface area contributed by atoms with Crippen LogP contribution in [-0.4, -0.2) is 108 Å². The fraction of sp³-hybridized carbons (Fsp3) is 0.891. The maximum atomic E-state index is 13.0. The number of nitrogens with one attached hydrogen (secondary N) is 1. The zero-order chi connectivity index (χ0) is 44.4. The third-order valence-electron chi connectivity index (χ3n) is 11.5. The second-order valence-corrected chi connectivity index (χ2v) is 18.5. The van der Waals surface area contributed by atoms with Gasteiger partial charge >= 0.3 is 7.82 Å². The average Bonchev–Trinajstić information content (AvgIpc) is 3.22. The molecular formula is C46H88NO12P. The molecule has 0 aromatic carbocycles. The smallest absolute Gasteiger partial charge is 0.393 e. The minimum absolute atomic E-state index is 0.249. The summed E-state index contributed by atoms with van der Waals surface area (Å²) in [6, 6.07) is -1.24. The van der Waals surface area contributed by atoms with Gasteiger partial charge in [-0.3, -0.25) is 13.8 Å². The van der Waals surface area contributed by atoms with Crippen LogP contribution in [0.25, 0.3) is 0 Å². The number of hydrogen-bond acceptors (Lipinski definition) is 11. The Labute approximate surface area is 363 Å². The normalized spacial score (nSPS) is 23.6. The topological polar surface area (TPSA) is 226 Å². The minimum Gasteiger partial charge on any atom is -0.393 e. The fourth-order valence-corrected chi connectivity index (χ4v) is 8.55. The van der Waals surface area contributed by atoms with Gasteiger partial charge in [-0.05, 0) is 44.9 Å². The van der Waals surface area contributed by atoms with Crippen molar-refractivity contribution in [1.29, 1.82) is 0 Å². The molecule has 0 radical (unpaired) electrons. The molecule has 0 saturated heterocycles. The average molecular weight is 878 g/mol. The van der Waals surface area contributed by atoms with E-state index in [1.54, 1.807) is 6.08 Å². The molecule has 1 aliphatic rings. The van der Waals surface area contributed by atoms with Gasteiger partial charge < -0.3 is 46.0 Å². The van der Waals surface area contributed by atoms with Crippen molar-refractivity contribution in [2.24, 2.45) is 0 Å². The molecule has 0 aromatic rings. The van der Waals surface area contributed by atoms with E-state index in [1.807, 2.05) is 0 Å². The Bertz CT molecular complexity index is 1130. The van der Waals surface area contributed by atoms with Crippen LogP contribution in [0.2, 0.25) is 0 Å². The summed E-state index contributed by atoms with van der Waals surface area (Å²) in [5.41, 5.74) is 0. The maximum Gasteiger partial charge on any atom is 0.472 e. The van der Waals surface area contributed by atoms with Crippen molar-refractivity contribution in [2.75, 3.05) is 6.61 Å². The number of carbonyl (C=O) groups excluding carboxylic acids is 1. The van der Waals surface area contributed by atoms with E-state index in [1.165, 1.54) is 109 Å². The first-order chi connectivity index (χ1) is 28.8. The summed E-state index contributed by atoms with van der Waals surface area (Å²) in [5.74, 6) is -0.598. The Balaban J connectivity index is 2.55. The third-order valence-corrected chi connectivity index (χ3v) is 12.5. The number of phosphoric acid groups is 1. The van der Waals surface area contributed by atoms with Crippen LogP contribution in [0.3, 0.4) is 0 Å². The summed E-state index contributed by atoms with van der Waals surface area (Å²) in [4.78, 5) is 23.4. The van der Waals surface area contributed by atoms with E-state index in [2.05, 4.69) is 31.3 Å². The lowest BCUT2D eigenvalue weighted by Gasteiger charge is -2.41. The van der Waals surface area contributed by atoms with Crippen LogP contribution >= 0.6 is 7.82 Å². The minimum atomic E-state index is -5.14. The first-order valence-electron chi connectivity index (χ1n) is 23.9. The number of hydrogen-bond donors (Lipinski definition) is 9. The lowest BCUT2D eigenvalue weighted by Crippen LogP contribution is -2.64. The molecule has 1 saturated carbocycles. The zero-order valence-electron chi connectivity index (χ0n) is 37.4. The van der Waals surface area contributed by atoms with Gasteiger partial charge in [-0.15, -0.1) is 0 Å². The summed E-state index contributed by atoms with van der Waals surface area (Å²) in [5, 5.41) is 74.5. The van der Waals surface area contributed by atoms with Crippen LogP contribution in [-0.2, 0) is 18.4 Å². The van der Waals surface area contributed by atoms with Crippen LogP contribution in [0, 0.1) is 0 Å². The number of unbranched alkanes of at least 4 members (excludes halogenated alkanes) is 24. The summed E-state index contributed by atoms with van der Waals surface area (Å²) >= 11 is 0. The summed E-state index contributed by atoms with van der Waals surface area (Å²) in [7, 11) is -5.14. The first-order valence-corrected chi connectivity index (χ1v) is 25.4. The van der Waals surface area contributed by atoms with Crippen molar-refractivity contribution in [3.8, 4) is 0 Å². The lowest BCUT2D eigenvalue weighted by atomic mass is 9.85. The molecule has 1 aliphatic carbocycles. The van der Waals surface area contributed by atoms with Crippen molar-refractivity contribution >= 4 is 13.7 Å². The maximum absolute atomic E-state index is 13.0. The van der Waals surface area contributed by atoms with E-state index in [0.29, 0.717) is 12.8 Å². The number of allylic oxidation sites excluding steroid dienone is 3. The van der Waals surface area contributed by atoms with Crippen molar-refractivity contribution in [3.05, 3.63) is 24.3 Å². The second kappa shape index (κ2) is 36.2. The molecule has 60 heavy (non-hydrogen) atoms. The molecule has 0 aromatic heterocycles. The highest BCUT2D eigenvalue weighted by molar-refractivity contribution is 7.47. The molecule has 0 aliphatic heterocycles. The van der Waals surface area contributed by atoms with Gasteiger partial charge in [0.15, 0.2) is 0 Å². The highest BCUT2D eigenvalue weighted by Crippen LogP contribution is 2.47. The van der Waals surface area contributed by atoms with E-state index < -0.39 is 75.2 Å². The van der Waals surface area contributed by atoms with E-state index in [9.17, 15) is 50.0 Å². The Hall–Kier alpha value is -1.22. The SMILES string of the molecule is CCCCCC/C=C\CCCCCCCC(O)CC(=O)NC(COP(=O)(O)OC1C(O)C(O)C(O)C(O)C1O)C(O)/C=C/CCCCCCCCCCCCCCCCC. The molecule has 1 amide bonds. The number of carbonyl (C=O) groups is 1. The molecule has 9 N–H and O–H groups in total. The molecule has 1 fully saturated rings. The van der Waals surface area contributed by atoms with Crippen LogP contribution in [0.15, 0.2) is 24.3 Å². The highest BCUT2D eigenvalue weighted by Gasteiger charge is 2.51. The Morgan fingerprint density at radius 1 is 0.583 bits per heavy atom. The molecule has 0 spiro atoms. The monoisotopic (exact) mass is 878 g/mol. The molecule has 0 bridgehead atoms. The second-order valence-electron chi connectivity index (χ2n) is 17.1. The van der Waals surface area contributed by atoms with Gasteiger partial charge in [-0.25, -0.2) is 4.57 Å². The lowest BCUT2D eigenvalue weighted by molar-refractivity contribution is -0.220. The van der Waals surface area contributed by atoms with Gasteiger partial charge in [0.25, 0.3) is 0 Å². The van der Waals surface area contributed by atoms with Crippen LogP contribution in [0.5, 0.6) is 0 Å². The predicted molar refractivity (Wildman–Crippen MR) is 238 cm³/mol. The molecule has 8 unspecified atom stereocenters. The van der Waals surface area contributed by atoms with E-state index in [4.69, 9.17) is 9.05 Å². The highest BCUT2D eigenvalue weighted by atomic mass is 31.2. The largest absolute Gasteiger partial charge is 0.472 e. The Morgan fingerprint density at radius 3 is 1.43 bits per heavy atom. The number of amides is 1. The van der Waals surface area contributed by atoms with Crippen LogP contribution in [0.4, 0.5) is 0 Å². The Kier molecular flexibility index (Phi) is 34.2. The number of aliphatic hydroxyl groups excluding tert-OH is 7. The van der Waals surface area contributed by atoms with Crippen molar-refractivity contribution in [2.45, 2.75) is 255 Å². The summed E-state index contributed by atoms with van der Waals surface area (Å²) < 4.78 is 22.9. The van der Waals surface area contributed by atoms with E-state index in [-0.39, 0.29) is 6.42 Å². The van der Waals surface area contributed by atoms with Crippen molar-refractivity contribution in [3.63, 3.8) is 0 Å². The van der Waals surface area contributed by atoms with Crippen LogP contribution in [0.1, 0.15) is 200 Å². The van der Waals surface area contributed by atoms with Gasteiger partial charge in [-0.1, -0.05) is 173 Å². The summed E-state index contributed by atoms with van der Waals surface area (Å²) in [6.45, 7) is 3.72. The standard InChI is InChI=1S/C46H88NO12P/c1-3-5-7-9-11-13-15-17-18-19-20-22-24-26-28-30-32-34-39(49)38(36-58-60(56,57)59-46-44(54)42(52)41(51)43(53)45(46)55)47-40(50)35-37(48)33-31-29-27-25-23-21-16-14-12-10-8-6-4-2/h14,16,32,34,37-39,41-46,48-49,51-55H,3-13,15,17-31,33,35-36H2,1-2H3,(H,47,50)(H,56,57)/b16-14-,34-32+. The molecule has 8 atom stereocenters. The zero-order valence-corrected chi connectivity index (χ0v) is 38.3. The fourth-order valence-electron chi connectivity index (χ4n) is 7.59. The summed E-state index contributed by atoms with van der Waals surface area (Å²) in [6.07, 6.45) is 25.5. The number of aliphatic hydroxyl groups is 7. The molecular weight excluding hydrogens is 789 g/mol. The molecule has 354 valence electrons. The predicted octanol–water partition coefficient (Wildman–Crippen LogP) is 7.98. The Morgan fingerprint density at radius 2 is 0.967 bits per heavy atom. The van der Waals surface area contributed by atoms with Gasteiger partial charge in [0.1, 0.15) is 36.6 Å². The van der Waals surface area contributed by atoms with E-state index >= 15 is 0 Å². The van der Waals surface area contributed by atoms with Gasteiger partial charge in [0.2, 0.25) is 5.91 Å². The van der Waals surface area contributed by atoms with Crippen molar-refractivity contribution in [1.82, 2.24) is 5.32 Å². The van der Waals surface area contributed by atoms with Crippen LogP contribution < -0.4 is 5.32 Å². The third kappa shape index (κ3) is 27.8. The van der Waals surface area contributed by atoms with Gasteiger partial charge in [0.05, 0.1) is 31.3 Å². The quantitative estimate of drug-likeness (QED) is 0.0163. The number of phosphoric ester groups is 1. The van der Waals surface area contributed by atoms with Gasteiger partial charge in [0, 0.05) is 0 Å². The van der Waals surface area contributed by atoms with Gasteiger partial charge in [-0.2, -0.15) is 0 Å². The van der Waals surface area contributed by atoms with Crippen molar-refractivity contribution < 1.29 is 59.0 Å². The molecule has 13 nitrogen and oxygen atoms in total. The van der Waals surface area contributed by atoms with E-state index in [0.717, 1.165) is 64.2 Å².